The molecule has 2 aliphatic rings. The fraction of sp³-hybridized carbons (Fsp3) is 0.467. The van der Waals surface area contributed by atoms with Crippen LogP contribution in [0.3, 0.4) is 0 Å². The summed E-state index contributed by atoms with van der Waals surface area (Å²) in [6, 6.07) is 16.3. The summed E-state index contributed by atoms with van der Waals surface area (Å²) in [6.45, 7) is 11.6. The zero-order chi connectivity index (χ0) is 43.5. The lowest BCUT2D eigenvalue weighted by atomic mass is 9.86. The number of carbonyl (C=O) groups is 3. The van der Waals surface area contributed by atoms with Gasteiger partial charge in [-0.25, -0.2) is 9.78 Å². The molecule has 3 atom stereocenters. The molecule has 320 valence electrons. The van der Waals surface area contributed by atoms with E-state index in [9.17, 15) is 24.3 Å². The van der Waals surface area contributed by atoms with E-state index in [1.807, 2.05) is 70.2 Å². The molecular formula is C45H60N9O6+. The first-order valence-electron chi connectivity index (χ1n) is 20.9. The maximum absolute atomic E-state index is 13.9. The number of likely N-dealkylation sites (N-methyl/N-ethyl adjacent to an activating group) is 1. The maximum Gasteiger partial charge on any atom is 0.343 e. The average molecular weight is 823 g/mol. The number of amides is 2. The quantitative estimate of drug-likeness (QED) is 0.0238. The summed E-state index contributed by atoms with van der Waals surface area (Å²) in [4.78, 5) is 58.6. The Hall–Kier alpha value is -5.64. The molecule has 0 unspecified atom stereocenters. The lowest BCUT2D eigenvalue weighted by Gasteiger charge is -2.31. The summed E-state index contributed by atoms with van der Waals surface area (Å²) in [5.74, 6) is -1.46. The molecule has 15 heteroatoms. The summed E-state index contributed by atoms with van der Waals surface area (Å²) in [5.41, 5.74) is 9.68. The number of rotatable bonds is 17. The summed E-state index contributed by atoms with van der Waals surface area (Å²) in [7, 11) is 4.34. The largest absolute Gasteiger partial charge is 0.458 e. The van der Waals surface area contributed by atoms with E-state index in [1.54, 1.807) is 17.6 Å². The van der Waals surface area contributed by atoms with Crippen LogP contribution in [0.1, 0.15) is 81.7 Å². The van der Waals surface area contributed by atoms with E-state index >= 15 is 0 Å². The number of nitrogens with zero attached hydrogens (tertiary/aromatic N) is 3. The van der Waals surface area contributed by atoms with Gasteiger partial charge in [-0.15, -0.1) is 0 Å². The van der Waals surface area contributed by atoms with Crippen molar-refractivity contribution < 1.29 is 28.7 Å². The highest BCUT2D eigenvalue weighted by Crippen LogP contribution is 2.40. The van der Waals surface area contributed by atoms with Gasteiger partial charge in [-0.05, 0) is 55.0 Å². The number of aromatic nitrogens is 2. The summed E-state index contributed by atoms with van der Waals surface area (Å²) >= 11 is 0. The van der Waals surface area contributed by atoms with E-state index in [1.165, 1.54) is 0 Å². The highest BCUT2D eigenvalue weighted by molar-refractivity contribution is 5.98. The number of pyridine rings is 2. The fourth-order valence-corrected chi connectivity index (χ4v) is 8.30. The van der Waals surface area contributed by atoms with E-state index in [0.29, 0.717) is 71.6 Å². The molecule has 15 nitrogen and oxygen atoms in total. The zero-order valence-corrected chi connectivity index (χ0v) is 35.8. The van der Waals surface area contributed by atoms with Crippen LogP contribution in [0, 0.1) is 11.3 Å². The highest BCUT2D eigenvalue weighted by atomic mass is 16.6. The van der Waals surface area contributed by atoms with Gasteiger partial charge in [0.2, 0.25) is 11.8 Å². The van der Waals surface area contributed by atoms with Gasteiger partial charge in [0, 0.05) is 46.8 Å². The van der Waals surface area contributed by atoms with Gasteiger partial charge in [-0.3, -0.25) is 19.8 Å². The molecule has 0 saturated heterocycles. The molecule has 0 spiro atoms. The molecule has 2 aromatic heterocycles. The number of aliphatic hydroxyl groups is 1. The number of cyclic esters (lactones) is 1. The predicted molar refractivity (Wildman–Crippen MR) is 232 cm³/mol. The first-order chi connectivity index (χ1) is 28.4. The third-order valence-corrected chi connectivity index (χ3v) is 11.6. The van der Waals surface area contributed by atoms with Gasteiger partial charge in [0.05, 0.1) is 55.7 Å². The van der Waals surface area contributed by atoms with E-state index in [0.717, 1.165) is 34.1 Å². The molecule has 60 heavy (non-hydrogen) atoms. The number of benzene rings is 2. The van der Waals surface area contributed by atoms with E-state index in [4.69, 9.17) is 20.9 Å². The summed E-state index contributed by atoms with van der Waals surface area (Å²) in [6.07, 6.45) is 1.65. The molecule has 2 aliphatic heterocycles. The van der Waals surface area contributed by atoms with E-state index in [2.05, 4.69) is 41.4 Å². The van der Waals surface area contributed by atoms with E-state index in [-0.39, 0.29) is 48.3 Å². The Balaban J connectivity index is 1.17. The third-order valence-electron chi connectivity index (χ3n) is 11.6. The van der Waals surface area contributed by atoms with Crippen molar-refractivity contribution in [2.45, 2.75) is 104 Å². The minimum absolute atomic E-state index is 0.0123. The van der Waals surface area contributed by atoms with Gasteiger partial charge >= 0.3 is 5.97 Å². The molecule has 4 aromatic rings. The number of quaternary nitrogens is 1. The predicted octanol–water partition coefficient (Wildman–Crippen LogP) is 3.61. The second-order valence-corrected chi connectivity index (χ2v) is 17.4. The van der Waals surface area contributed by atoms with Gasteiger partial charge in [-0.1, -0.05) is 65.0 Å². The minimum atomic E-state index is -1.90. The van der Waals surface area contributed by atoms with Gasteiger partial charge in [0.1, 0.15) is 19.2 Å². The van der Waals surface area contributed by atoms with Gasteiger partial charge in [0.15, 0.2) is 11.6 Å². The van der Waals surface area contributed by atoms with Crippen LogP contribution < -0.4 is 32.6 Å². The van der Waals surface area contributed by atoms with Gasteiger partial charge < -0.3 is 45.9 Å². The molecule has 0 aliphatic carbocycles. The van der Waals surface area contributed by atoms with Crippen molar-refractivity contribution in [2.24, 2.45) is 11.7 Å². The minimum Gasteiger partial charge on any atom is -0.458 e. The van der Waals surface area contributed by atoms with Crippen molar-refractivity contribution in [1.82, 2.24) is 25.5 Å². The van der Waals surface area contributed by atoms with Crippen LogP contribution in [0.4, 0.5) is 5.69 Å². The Morgan fingerprint density at radius 1 is 1.05 bits per heavy atom. The standard InChI is InChI=1S/C45H59N9O6/c1-8-45(59)34-22-37-39-32(23-53(37)42(57)33(34)25-60-43(45)58)30(31-12-9-10-13-35(31)51-39)19-21-54(6,7)24-28-15-17-29(18-16-28)50-40(55)36(14-11-20-48-44(46)47)52-41(56)38(26(2)3)49-27(4)5/h9-10,12-13,15-18,22,26-27,36,38,49,59H,8,11,14,19-21,23-25H2,1-7H3,(H5-,46,47,48,50,52,55,56)/p+1/t36-,38-,45-/m0/s1. The highest BCUT2D eigenvalue weighted by Gasteiger charge is 2.45. The number of ether oxygens (including phenoxy) is 1. The number of hydrogen-bond acceptors (Lipinski definition) is 9. The lowest BCUT2D eigenvalue weighted by molar-refractivity contribution is -0.903. The Bertz CT molecular complexity index is 2340. The van der Waals surface area contributed by atoms with Crippen molar-refractivity contribution >= 4 is 40.3 Å². The van der Waals surface area contributed by atoms with Crippen LogP contribution in [-0.2, 0) is 50.8 Å². The van der Waals surface area contributed by atoms with Crippen molar-refractivity contribution in [3.63, 3.8) is 0 Å². The summed E-state index contributed by atoms with van der Waals surface area (Å²) in [5, 5.41) is 31.8. The number of para-hydroxylation sites is 1. The topological polar surface area (TPSA) is 214 Å². The molecule has 6 rings (SSSR count). The zero-order valence-electron chi connectivity index (χ0n) is 35.8. The number of anilines is 1. The van der Waals surface area contributed by atoms with Crippen molar-refractivity contribution in [3.05, 3.63) is 92.8 Å². The number of hydrogen-bond donors (Lipinski definition) is 7. The first-order valence-corrected chi connectivity index (χ1v) is 20.9. The Kier molecular flexibility index (Phi) is 13.1. The normalized spacial score (nSPS) is 16.8. The van der Waals surface area contributed by atoms with Crippen molar-refractivity contribution in [1.29, 1.82) is 5.41 Å². The molecular weight excluding hydrogens is 763 g/mol. The fourth-order valence-electron chi connectivity index (χ4n) is 8.30. The number of esters is 1. The number of nitrogens with one attached hydrogen (secondary N) is 5. The maximum atomic E-state index is 13.9. The van der Waals surface area contributed by atoms with Gasteiger partial charge in [-0.2, -0.15) is 0 Å². The van der Waals surface area contributed by atoms with Crippen molar-refractivity contribution in [3.8, 4) is 11.4 Å². The molecule has 4 heterocycles. The number of carbonyl (C=O) groups excluding carboxylic acids is 3. The number of fused-ring (bicyclic) bond motifs is 5. The molecule has 2 aromatic carbocycles. The average Bonchev–Trinajstić information content (AvgIpc) is 3.57. The van der Waals surface area contributed by atoms with Crippen LogP contribution in [0.5, 0.6) is 0 Å². The molecule has 0 radical (unpaired) electrons. The Morgan fingerprint density at radius 3 is 2.43 bits per heavy atom. The second-order valence-electron chi connectivity index (χ2n) is 17.4. The number of nitrogens with two attached hydrogens (primary N) is 1. The lowest BCUT2D eigenvalue weighted by Crippen LogP contribution is -2.54. The van der Waals surface area contributed by atoms with Crippen LogP contribution in [0.15, 0.2) is 59.4 Å². The third kappa shape index (κ3) is 9.38. The molecule has 0 bridgehead atoms. The first kappa shape index (κ1) is 43.9. The SMILES string of the molecule is CC[C@@]1(O)C(=O)OCc2c1cc1n(c2=O)Cc2c-1nc1ccccc1c2CC[N+](C)(C)Cc1ccc(NC(=O)[C@H](CCCNC(=N)N)NC(=O)[C@@H](NC(C)C)C(C)C)cc1. The monoisotopic (exact) mass is 822 g/mol. The van der Waals surface area contributed by atoms with Crippen LogP contribution in [0.25, 0.3) is 22.3 Å². The molecule has 2 amide bonds. The van der Waals surface area contributed by atoms with Crippen LogP contribution in [0.2, 0.25) is 0 Å². The number of guanidine groups is 1. The molecule has 0 fully saturated rings. The Morgan fingerprint density at radius 2 is 1.77 bits per heavy atom. The van der Waals surface area contributed by atoms with E-state index < -0.39 is 23.7 Å². The molecule has 0 saturated carbocycles. The molecule has 8 N–H and O–H groups in total. The smallest absolute Gasteiger partial charge is 0.343 e. The second kappa shape index (κ2) is 17.9. The van der Waals surface area contributed by atoms with Crippen molar-refractivity contribution in [2.75, 3.05) is 32.5 Å². The Labute approximate surface area is 351 Å². The summed E-state index contributed by atoms with van der Waals surface area (Å²) < 4.78 is 7.59. The van der Waals surface area contributed by atoms with Crippen LogP contribution >= 0.6 is 0 Å². The van der Waals surface area contributed by atoms with Gasteiger partial charge in [0.25, 0.3) is 5.56 Å². The van der Waals surface area contributed by atoms with Crippen LogP contribution in [-0.4, -0.2) is 88.2 Å².